The number of fused-ring (bicyclic) bond motifs is 1. The molecule has 27 heavy (non-hydrogen) atoms. The number of thioether (sulfide) groups is 1. The van der Waals surface area contributed by atoms with Gasteiger partial charge in [-0.1, -0.05) is 29.4 Å². The second-order valence-electron chi connectivity index (χ2n) is 7.14. The minimum absolute atomic E-state index is 0.401. The van der Waals surface area contributed by atoms with Crippen molar-refractivity contribution in [2.45, 2.75) is 44.9 Å². The SMILES string of the molecule is Cc1cc(C2=CSc3nnc(CCNC(=O)OC(C)(C)C)n3N2)ccc1Cl. The van der Waals surface area contributed by atoms with Gasteiger partial charge in [-0.3, -0.25) is 5.43 Å². The lowest BCUT2D eigenvalue weighted by molar-refractivity contribution is 0.0528. The number of aryl methyl sites for hydroxylation is 1. The van der Waals surface area contributed by atoms with Crippen molar-refractivity contribution in [2.75, 3.05) is 12.0 Å². The molecule has 2 N–H and O–H groups in total. The maximum Gasteiger partial charge on any atom is 0.407 e. The zero-order valence-corrected chi connectivity index (χ0v) is 17.2. The van der Waals surface area contributed by atoms with Gasteiger partial charge in [0.15, 0.2) is 5.82 Å². The van der Waals surface area contributed by atoms with Gasteiger partial charge >= 0.3 is 6.09 Å². The number of nitrogens with one attached hydrogen (secondary N) is 2. The van der Waals surface area contributed by atoms with Crippen LogP contribution in [-0.2, 0) is 11.2 Å². The predicted molar refractivity (Wildman–Crippen MR) is 107 cm³/mol. The van der Waals surface area contributed by atoms with Crippen LogP contribution in [0.2, 0.25) is 5.02 Å². The Morgan fingerprint density at radius 3 is 2.85 bits per heavy atom. The third-order valence-electron chi connectivity index (χ3n) is 3.70. The molecule has 0 saturated carbocycles. The molecule has 0 aliphatic carbocycles. The molecular formula is C18H22ClN5O2S. The highest BCUT2D eigenvalue weighted by molar-refractivity contribution is 8.02. The maximum atomic E-state index is 11.8. The molecule has 2 aromatic rings. The summed E-state index contributed by atoms with van der Waals surface area (Å²) in [6, 6.07) is 5.88. The number of rotatable bonds is 4. The van der Waals surface area contributed by atoms with Gasteiger partial charge in [-0.15, -0.1) is 10.2 Å². The molecule has 1 aliphatic rings. The van der Waals surface area contributed by atoms with Crippen LogP contribution in [0.4, 0.5) is 4.79 Å². The van der Waals surface area contributed by atoms with E-state index in [0.29, 0.717) is 13.0 Å². The Morgan fingerprint density at radius 1 is 1.37 bits per heavy atom. The van der Waals surface area contributed by atoms with Crippen LogP contribution in [0.5, 0.6) is 0 Å². The molecule has 1 aliphatic heterocycles. The number of hydrogen-bond donors (Lipinski definition) is 2. The highest BCUT2D eigenvalue weighted by atomic mass is 35.5. The van der Waals surface area contributed by atoms with Gasteiger partial charge in [0.05, 0.1) is 5.70 Å². The first-order chi connectivity index (χ1) is 12.7. The fourth-order valence-corrected chi connectivity index (χ4v) is 3.32. The lowest BCUT2D eigenvalue weighted by Crippen LogP contribution is -2.34. The van der Waals surface area contributed by atoms with Crippen molar-refractivity contribution < 1.29 is 9.53 Å². The van der Waals surface area contributed by atoms with E-state index in [-0.39, 0.29) is 0 Å². The van der Waals surface area contributed by atoms with Gasteiger partial charge in [-0.2, -0.15) is 0 Å². The van der Waals surface area contributed by atoms with E-state index >= 15 is 0 Å². The van der Waals surface area contributed by atoms with Crippen molar-refractivity contribution in [1.29, 1.82) is 0 Å². The van der Waals surface area contributed by atoms with E-state index in [4.69, 9.17) is 16.3 Å². The van der Waals surface area contributed by atoms with E-state index in [1.165, 1.54) is 11.8 Å². The molecule has 0 atom stereocenters. The molecule has 7 nitrogen and oxygen atoms in total. The summed E-state index contributed by atoms with van der Waals surface area (Å²) in [5, 5.41) is 14.6. The monoisotopic (exact) mass is 407 g/mol. The van der Waals surface area contributed by atoms with Crippen LogP contribution in [0.1, 0.15) is 37.7 Å². The standard InChI is InChI=1S/C18H22ClN5O2S/c1-11-9-12(5-6-13(11)19)14-10-27-16-22-21-15(24(16)23-14)7-8-20-17(25)26-18(2,3)4/h5-6,9-10,23H,7-8H2,1-4H3,(H,20,25). The van der Waals surface area contributed by atoms with Crippen molar-refractivity contribution >= 4 is 35.2 Å². The Balaban J connectivity index is 1.64. The number of nitrogens with zero attached hydrogens (tertiary/aromatic N) is 3. The Hall–Kier alpha value is -2.19. The van der Waals surface area contributed by atoms with Crippen molar-refractivity contribution in [2.24, 2.45) is 0 Å². The van der Waals surface area contributed by atoms with Crippen molar-refractivity contribution in [3.8, 4) is 0 Å². The fraction of sp³-hybridized carbons (Fsp3) is 0.389. The van der Waals surface area contributed by atoms with Gasteiger partial charge in [-0.05, 0) is 45.4 Å². The van der Waals surface area contributed by atoms with E-state index in [0.717, 1.165) is 32.8 Å². The highest BCUT2D eigenvalue weighted by Gasteiger charge is 2.20. The van der Waals surface area contributed by atoms with Gasteiger partial charge in [0.1, 0.15) is 5.60 Å². The van der Waals surface area contributed by atoms with E-state index in [1.54, 1.807) is 0 Å². The molecule has 1 amide bonds. The van der Waals surface area contributed by atoms with E-state index in [9.17, 15) is 4.79 Å². The van der Waals surface area contributed by atoms with E-state index in [2.05, 4.69) is 20.9 Å². The third-order valence-corrected chi connectivity index (χ3v) is 4.95. The average Bonchev–Trinajstić information content (AvgIpc) is 2.98. The molecule has 0 unspecified atom stereocenters. The molecule has 0 bridgehead atoms. The molecule has 0 saturated heterocycles. The summed E-state index contributed by atoms with van der Waals surface area (Å²) in [5.41, 5.74) is 5.79. The first-order valence-corrected chi connectivity index (χ1v) is 9.80. The Labute approximate surface area is 167 Å². The number of benzene rings is 1. The smallest absolute Gasteiger partial charge is 0.407 e. The van der Waals surface area contributed by atoms with Crippen molar-refractivity contribution in [3.63, 3.8) is 0 Å². The summed E-state index contributed by atoms with van der Waals surface area (Å²) in [6.07, 6.45) is 0.0765. The molecule has 1 aromatic heterocycles. The molecule has 0 radical (unpaired) electrons. The third kappa shape index (κ3) is 4.95. The second-order valence-corrected chi connectivity index (χ2v) is 8.38. The zero-order valence-electron chi connectivity index (χ0n) is 15.7. The van der Waals surface area contributed by atoms with Crippen LogP contribution in [0.3, 0.4) is 0 Å². The number of halogens is 1. The summed E-state index contributed by atoms with van der Waals surface area (Å²) in [6.45, 7) is 7.86. The quantitative estimate of drug-likeness (QED) is 0.798. The lowest BCUT2D eigenvalue weighted by atomic mass is 10.1. The lowest BCUT2D eigenvalue weighted by Gasteiger charge is -2.20. The number of amides is 1. The number of hydrogen-bond acceptors (Lipinski definition) is 6. The Bertz CT molecular complexity index is 888. The summed E-state index contributed by atoms with van der Waals surface area (Å²) < 4.78 is 7.07. The first-order valence-electron chi connectivity index (χ1n) is 8.54. The topological polar surface area (TPSA) is 81.1 Å². The highest BCUT2D eigenvalue weighted by Crippen LogP contribution is 2.29. The van der Waals surface area contributed by atoms with Gasteiger partial charge in [-0.25, -0.2) is 9.47 Å². The number of alkyl carbamates (subject to hydrolysis) is 1. The van der Waals surface area contributed by atoms with E-state index < -0.39 is 11.7 Å². The minimum atomic E-state index is -0.521. The summed E-state index contributed by atoms with van der Waals surface area (Å²) in [4.78, 5) is 11.8. The molecular weight excluding hydrogens is 386 g/mol. The number of carbonyl (C=O) groups is 1. The number of ether oxygens (including phenoxy) is 1. The molecule has 9 heteroatoms. The predicted octanol–water partition coefficient (Wildman–Crippen LogP) is 3.95. The molecule has 0 spiro atoms. The normalized spacial score (nSPS) is 13.4. The molecule has 3 rings (SSSR count). The van der Waals surface area contributed by atoms with Gasteiger partial charge < -0.3 is 10.1 Å². The number of aromatic nitrogens is 3. The summed E-state index contributed by atoms with van der Waals surface area (Å²) in [5.74, 6) is 0.727. The Morgan fingerprint density at radius 2 is 2.15 bits per heavy atom. The zero-order chi connectivity index (χ0) is 19.6. The van der Waals surface area contributed by atoms with Crippen LogP contribution in [0, 0.1) is 6.92 Å². The first kappa shape index (κ1) is 19.6. The summed E-state index contributed by atoms with van der Waals surface area (Å²) >= 11 is 7.61. The van der Waals surface area contributed by atoms with Crippen molar-refractivity contribution in [1.82, 2.24) is 20.2 Å². The van der Waals surface area contributed by atoms with Gasteiger partial charge in [0, 0.05) is 29.0 Å². The summed E-state index contributed by atoms with van der Waals surface area (Å²) in [7, 11) is 0. The van der Waals surface area contributed by atoms with Crippen LogP contribution >= 0.6 is 23.4 Å². The number of carbonyl (C=O) groups excluding carboxylic acids is 1. The molecule has 0 fully saturated rings. The maximum absolute atomic E-state index is 11.8. The van der Waals surface area contributed by atoms with E-state index in [1.807, 2.05) is 56.0 Å². The molecule has 144 valence electrons. The molecule has 1 aromatic carbocycles. The fourth-order valence-electron chi connectivity index (χ4n) is 2.44. The molecule has 2 heterocycles. The Kier molecular flexibility index (Phi) is 5.67. The van der Waals surface area contributed by atoms with Crippen LogP contribution in [0.25, 0.3) is 5.70 Å². The minimum Gasteiger partial charge on any atom is -0.444 e. The second kappa shape index (κ2) is 7.82. The van der Waals surface area contributed by atoms with Gasteiger partial charge in [0.2, 0.25) is 5.16 Å². The van der Waals surface area contributed by atoms with Gasteiger partial charge in [0.25, 0.3) is 0 Å². The van der Waals surface area contributed by atoms with Crippen molar-refractivity contribution in [3.05, 3.63) is 45.6 Å². The van der Waals surface area contributed by atoms with Crippen LogP contribution in [0.15, 0.2) is 28.8 Å². The average molecular weight is 408 g/mol. The van der Waals surface area contributed by atoms with Crippen LogP contribution in [-0.4, -0.2) is 33.1 Å². The largest absolute Gasteiger partial charge is 0.444 e. The van der Waals surface area contributed by atoms with Crippen LogP contribution < -0.4 is 10.7 Å².